The molecule has 5 nitrogen and oxygen atoms in total. The van der Waals surface area contributed by atoms with Gasteiger partial charge in [-0.3, -0.25) is 4.90 Å². The Kier molecular flexibility index (Phi) is 6.33. The third-order valence-corrected chi connectivity index (χ3v) is 4.62. The van der Waals surface area contributed by atoms with Gasteiger partial charge < -0.3 is 10.1 Å². The Morgan fingerprint density at radius 2 is 1.76 bits per heavy atom. The lowest BCUT2D eigenvalue weighted by molar-refractivity contribution is -0.141. The van der Waals surface area contributed by atoms with Gasteiger partial charge in [0, 0.05) is 31.4 Å². The topological polar surface area (TPSA) is 50.3 Å². The Morgan fingerprint density at radius 1 is 1.14 bits per heavy atom. The Labute approximate surface area is 164 Å². The molecule has 1 saturated heterocycles. The van der Waals surface area contributed by atoms with E-state index in [1.165, 1.54) is 6.07 Å². The molecule has 3 atom stereocenters. The molecule has 29 heavy (non-hydrogen) atoms. The first-order chi connectivity index (χ1) is 13.6. The predicted molar refractivity (Wildman–Crippen MR) is 96.2 cm³/mol. The van der Waals surface area contributed by atoms with Crippen molar-refractivity contribution in [1.82, 2.24) is 14.9 Å². The normalized spacial score (nSPS) is 21.8. The fourth-order valence-electron chi connectivity index (χ4n) is 3.50. The maximum Gasteiger partial charge on any atom is 0.433 e. The summed E-state index contributed by atoms with van der Waals surface area (Å²) in [6.07, 6.45) is -3.97. The summed E-state index contributed by atoms with van der Waals surface area (Å²) in [6, 6.07) is 3.53. The van der Waals surface area contributed by atoms with Crippen LogP contribution in [0.2, 0.25) is 0 Å². The molecule has 1 aliphatic heterocycles. The van der Waals surface area contributed by atoms with E-state index in [-0.39, 0.29) is 30.3 Å². The second-order valence-corrected chi connectivity index (χ2v) is 7.01. The molecule has 0 aliphatic carbocycles. The maximum atomic E-state index is 14.5. The highest BCUT2D eigenvalue weighted by Crippen LogP contribution is 2.30. The van der Waals surface area contributed by atoms with E-state index in [1.54, 1.807) is 0 Å². The second-order valence-electron chi connectivity index (χ2n) is 7.01. The van der Waals surface area contributed by atoms with E-state index < -0.39 is 29.5 Å². The molecule has 1 N–H and O–H groups in total. The standard InChI is InChI=1S/C19H21F5N4O/c1-11-9-28(10-12(2)29-11)15(17-13(20)4-3-5-14(17)21)8-26-18-25-7-6-16(27-18)19(22,23)24/h3-7,11-12,15H,8-10H2,1-2H3,(H,25,26,27). The summed E-state index contributed by atoms with van der Waals surface area (Å²) in [5.41, 5.74) is -1.26. The summed E-state index contributed by atoms with van der Waals surface area (Å²) >= 11 is 0. The van der Waals surface area contributed by atoms with Crippen molar-refractivity contribution in [3.8, 4) is 0 Å². The second kappa shape index (κ2) is 8.58. The van der Waals surface area contributed by atoms with E-state index >= 15 is 0 Å². The molecule has 1 fully saturated rings. The lowest BCUT2D eigenvalue weighted by atomic mass is 10.0. The zero-order chi connectivity index (χ0) is 21.2. The summed E-state index contributed by atoms with van der Waals surface area (Å²) in [4.78, 5) is 9.09. The number of halogens is 5. The maximum absolute atomic E-state index is 14.5. The zero-order valence-corrected chi connectivity index (χ0v) is 15.9. The largest absolute Gasteiger partial charge is 0.433 e. The number of benzene rings is 1. The quantitative estimate of drug-likeness (QED) is 0.746. The van der Waals surface area contributed by atoms with Gasteiger partial charge in [0.05, 0.1) is 18.2 Å². The van der Waals surface area contributed by atoms with Gasteiger partial charge in [0.15, 0.2) is 0 Å². The lowest BCUT2D eigenvalue weighted by Gasteiger charge is -2.40. The van der Waals surface area contributed by atoms with Gasteiger partial charge in [-0.15, -0.1) is 0 Å². The van der Waals surface area contributed by atoms with Crippen molar-refractivity contribution in [3.05, 3.63) is 53.4 Å². The minimum Gasteiger partial charge on any atom is -0.373 e. The van der Waals surface area contributed by atoms with Gasteiger partial charge in [0.1, 0.15) is 17.3 Å². The van der Waals surface area contributed by atoms with Crippen molar-refractivity contribution in [2.45, 2.75) is 38.3 Å². The average molecular weight is 416 g/mol. The summed E-state index contributed by atoms with van der Waals surface area (Å²) in [6.45, 7) is 4.43. The van der Waals surface area contributed by atoms with Gasteiger partial charge in [-0.2, -0.15) is 13.2 Å². The van der Waals surface area contributed by atoms with E-state index in [0.717, 1.165) is 24.4 Å². The van der Waals surface area contributed by atoms with Crippen LogP contribution in [-0.2, 0) is 10.9 Å². The molecule has 0 radical (unpaired) electrons. The summed E-state index contributed by atoms with van der Waals surface area (Å²) in [7, 11) is 0. The van der Waals surface area contributed by atoms with Crippen LogP contribution < -0.4 is 5.32 Å². The first-order valence-corrected chi connectivity index (χ1v) is 9.12. The number of ether oxygens (including phenoxy) is 1. The summed E-state index contributed by atoms with van der Waals surface area (Å²) < 4.78 is 73.3. The van der Waals surface area contributed by atoms with Crippen LogP contribution >= 0.6 is 0 Å². The number of morpholine rings is 1. The van der Waals surface area contributed by atoms with Crippen molar-refractivity contribution >= 4 is 5.95 Å². The van der Waals surface area contributed by atoms with Crippen LogP contribution in [0.5, 0.6) is 0 Å². The first kappa shape index (κ1) is 21.4. The Balaban J connectivity index is 1.88. The Bertz CT molecular complexity index is 817. The third kappa shape index (κ3) is 5.18. The van der Waals surface area contributed by atoms with Crippen LogP contribution in [0.4, 0.5) is 27.9 Å². The molecular weight excluding hydrogens is 395 g/mol. The minimum absolute atomic E-state index is 0.0847. The third-order valence-electron chi connectivity index (χ3n) is 4.62. The van der Waals surface area contributed by atoms with Crippen LogP contribution in [0.3, 0.4) is 0 Å². The zero-order valence-electron chi connectivity index (χ0n) is 15.9. The molecule has 0 saturated carbocycles. The molecule has 0 amide bonds. The lowest BCUT2D eigenvalue weighted by Crippen LogP contribution is -2.48. The molecule has 10 heteroatoms. The fraction of sp³-hybridized carbons (Fsp3) is 0.474. The van der Waals surface area contributed by atoms with Crippen LogP contribution in [0, 0.1) is 11.6 Å². The summed E-state index contributed by atoms with van der Waals surface area (Å²) in [5.74, 6) is -1.72. The highest BCUT2D eigenvalue weighted by molar-refractivity contribution is 5.30. The number of hydrogen-bond acceptors (Lipinski definition) is 5. The van der Waals surface area contributed by atoms with Crippen molar-refractivity contribution in [2.75, 3.05) is 25.0 Å². The Morgan fingerprint density at radius 3 is 2.34 bits per heavy atom. The van der Waals surface area contributed by atoms with E-state index in [9.17, 15) is 22.0 Å². The molecule has 158 valence electrons. The molecule has 1 aromatic heterocycles. The number of nitrogens with zero attached hydrogens (tertiary/aromatic N) is 3. The number of aromatic nitrogens is 2. The molecular formula is C19H21F5N4O. The fourth-order valence-corrected chi connectivity index (χ4v) is 3.50. The van der Waals surface area contributed by atoms with Crippen LogP contribution in [0.1, 0.15) is 31.1 Å². The van der Waals surface area contributed by atoms with Gasteiger partial charge in [0.25, 0.3) is 0 Å². The van der Waals surface area contributed by atoms with Crippen LogP contribution in [0.15, 0.2) is 30.5 Å². The molecule has 0 bridgehead atoms. The minimum atomic E-state index is -4.62. The molecule has 1 aliphatic rings. The molecule has 2 heterocycles. The molecule has 1 aromatic carbocycles. The van der Waals surface area contributed by atoms with Gasteiger partial charge >= 0.3 is 6.18 Å². The SMILES string of the molecule is CC1CN(C(CNc2nccc(C(F)(F)F)n2)c2c(F)cccc2F)CC(C)O1. The first-order valence-electron chi connectivity index (χ1n) is 9.12. The van der Waals surface area contributed by atoms with Crippen molar-refractivity contribution < 1.29 is 26.7 Å². The molecule has 2 aromatic rings. The molecule has 3 unspecified atom stereocenters. The highest BCUT2D eigenvalue weighted by atomic mass is 19.4. The number of rotatable bonds is 5. The van der Waals surface area contributed by atoms with Crippen LogP contribution in [-0.4, -0.2) is 46.7 Å². The van der Waals surface area contributed by atoms with E-state index in [4.69, 9.17) is 4.74 Å². The van der Waals surface area contributed by atoms with Crippen molar-refractivity contribution in [1.29, 1.82) is 0 Å². The van der Waals surface area contributed by atoms with Gasteiger partial charge in [-0.1, -0.05) is 6.07 Å². The van der Waals surface area contributed by atoms with Crippen molar-refractivity contribution in [3.63, 3.8) is 0 Å². The summed E-state index contributed by atoms with van der Waals surface area (Å²) in [5, 5.41) is 2.70. The molecule has 0 spiro atoms. The van der Waals surface area contributed by atoms with Gasteiger partial charge in [0.2, 0.25) is 5.95 Å². The smallest absolute Gasteiger partial charge is 0.373 e. The van der Waals surface area contributed by atoms with E-state index in [1.807, 2.05) is 18.7 Å². The Hall–Kier alpha value is -2.33. The van der Waals surface area contributed by atoms with Crippen LogP contribution in [0.25, 0.3) is 0 Å². The van der Waals surface area contributed by atoms with Gasteiger partial charge in [-0.05, 0) is 32.0 Å². The number of nitrogens with one attached hydrogen (secondary N) is 1. The average Bonchev–Trinajstić information content (AvgIpc) is 2.63. The number of hydrogen-bond donors (Lipinski definition) is 1. The highest BCUT2D eigenvalue weighted by Gasteiger charge is 2.34. The number of alkyl halides is 3. The van der Waals surface area contributed by atoms with E-state index in [2.05, 4.69) is 15.3 Å². The van der Waals surface area contributed by atoms with Crippen molar-refractivity contribution in [2.24, 2.45) is 0 Å². The molecule has 3 rings (SSSR count). The van der Waals surface area contributed by atoms with Gasteiger partial charge in [-0.25, -0.2) is 18.7 Å². The number of anilines is 1. The van der Waals surface area contributed by atoms with E-state index in [0.29, 0.717) is 13.1 Å². The monoisotopic (exact) mass is 416 g/mol. The predicted octanol–water partition coefficient (Wildman–Crippen LogP) is 4.04.